The van der Waals surface area contributed by atoms with Crippen molar-refractivity contribution >= 4 is 22.4 Å². The second-order valence-electron chi connectivity index (χ2n) is 3.52. The molecule has 0 aliphatic carbocycles. The highest BCUT2D eigenvalue weighted by Crippen LogP contribution is 2.12. The molecule has 0 aliphatic rings. The summed E-state index contributed by atoms with van der Waals surface area (Å²) in [5, 5.41) is 2.36. The number of nitrogen functional groups attached to an aromatic ring is 1. The molecule has 0 radical (unpaired) electrons. The van der Waals surface area contributed by atoms with Crippen LogP contribution in [0, 0.1) is 0 Å². The number of nitrogens with two attached hydrogens (primary N) is 1. The maximum Gasteiger partial charge on any atom is 0.228 e. The van der Waals surface area contributed by atoms with Gasteiger partial charge in [-0.2, -0.15) is 0 Å². The number of anilines is 1. The minimum atomic E-state index is 0.105. The van der Waals surface area contributed by atoms with Crippen molar-refractivity contribution in [3.05, 3.63) is 11.1 Å². The summed E-state index contributed by atoms with van der Waals surface area (Å²) in [7, 11) is 1.83. The first-order valence-corrected chi connectivity index (χ1v) is 5.95. The summed E-state index contributed by atoms with van der Waals surface area (Å²) in [5.74, 6) is 0.105. The predicted octanol–water partition coefficient (Wildman–Crippen LogP) is 1.53. The van der Waals surface area contributed by atoms with Gasteiger partial charge in [0, 0.05) is 19.0 Å². The number of likely N-dealkylation sites (N-methyl/N-ethyl adjacent to an activating group) is 1. The number of nitrogens with zero attached hydrogens (tertiary/aromatic N) is 2. The number of hydrogen-bond acceptors (Lipinski definition) is 4. The van der Waals surface area contributed by atoms with Gasteiger partial charge in [0.15, 0.2) is 5.13 Å². The van der Waals surface area contributed by atoms with Crippen molar-refractivity contribution in [3.8, 4) is 0 Å². The molecule has 4 nitrogen and oxygen atoms in total. The summed E-state index contributed by atoms with van der Waals surface area (Å²) in [6.07, 6.45) is 2.50. The Morgan fingerprint density at radius 3 is 2.93 bits per heavy atom. The lowest BCUT2D eigenvalue weighted by molar-refractivity contribution is -0.129. The monoisotopic (exact) mass is 227 g/mol. The standard InChI is InChI=1S/C10H17N3OS/c1-3-4-5-13(2)9(14)6-8-7-15-10(11)12-8/h7H,3-6H2,1-2H3,(H2,11,12). The van der Waals surface area contributed by atoms with E-state index in [0.29, 0.717) is 11.6 Å². The van der Waals surface area contributed by atoms with E-state index in [1.165, 1.54) is 11.3 Å². The highest BCUT2D eigenvalue weighted by Gasteiger charge is 2.10. The second-order valence-corrected chi connectivity index (χ2v) is 4.41. The lowest BCUT2D eigenvalue weighted by Crippen LogP contribution is -2.29. The van der Waals surface area contributed by atoms with Crippen molar-refractivity contribution in [3.63, 3.8) is 0 Å². The van der Waals surface area contributed by atoms with Crippen LogP contribution in [0.5, 0.6) is 0 Å². The molecule has 1 heterocycles. The van der Waals surface area contributed by atoms with Crippen molar-refractivity contribution in [2.45, 2.75) is 26.2 Å². The van der Waals surface area contributed by atoms with E-state index in [0.717, 1.165) is 25.1 Å². The molecule has 0 atom stereocenters. The van der Waals surface area contributed by atoms with Crippen LogP contribution in [0.3, 0.4) is 0 Å². The number of hydrogen-bond donors (Lipinski definition) is 1. The maximum absolute atomic E-state index is 11.7. The van der Waals surface area contributed by atoms with Crippen LogP contribution in [0.25, 0.3) is 0 Å². The van der Waals surface area contributed by atoms with Gasteiger partial charge in [0.25, 0.3) is 0 Å². The van der Waals surface area contributed by atoms with Crippen molar-refractivity contribution in [2.75, 3.05) is 19.3 Å². The first kappa shape index (κ1) is 12.0. The average molecular weight is 227 g/mol. The van der Waals surface area contributed by atoms with Gasteiger partial charge in [0.1, 0.15) is 0 Å². The smallest absolute Gasteiger partial charge is 0.228 e. The molecule has 15 heavy (non-hydrogen) atoms. The van der Waals surface area contributed by atoms with Crippen LogP contribution in [-0.2, 0) is 11.2 Å². The SMILES string of the molecule is CCCCN(C)C(=O)Cc1csc(N)n1. The van der Waals surface area contributed by atoms with E-state index < -0.39 is 0 Å². The van der Waals surface area contributed by atoms with E-state index >= 15 is 0 Å². The van der Waals surface area contributed by atoms with Crippen molar-refractivity contribution in [1.29, 1.82) is 0 Å². The Kier molecular flexibility index (Phi) is 4.55. The number of amides is 1. The molecule has 0 aromatic carbocycles. The van der Waals surface area contributed by atoms with Crippen LogP contribution < -0.4 is 5.73 Å². The third-order valence-electron chi connectivity index (χ3n) is 2.17. The Morgan fingerprint density at radius 2 is 2.40 bits per heavy atom. The quantitative estimate of drug-likeness (QED) is 0.829. The molecule has 2 N–H and O–H groups in total. The van der Waals surface area contributed by atoms with E-state index in [1.54, 1.807) is 4.90 Å². The zero-order valence-corrected chi connectivity index (χ0v) is 10.0. The molecule has 1 amide bonds. The fraction of sp³-hybridized carbons (Fsp3) is 0.600. The van der Waals surface area contributed by atoms with Crippen LogP contribution in [0.4, 0.5) is 5.13 Å². The molecular formula is C10H17N3OS. The van der Waals surface area contributed by atoms with E-state index in [4.69, 9.17) is 5.73 Å². The summed E-state index contributed by atoms with van der Waals surface area (Å²) < 4.78 is 0. The normalized spacial score (nSPS) is 10.3. The lowest BCUT2D eigenvalue weighted by Gasteiger charge is -2.15. The Hall–Kier alpha value is -1.10. The molecule has 1 aromatic rings. The van der Waals surface area contributed by atoms with Crippen LogP contribution in [0.15, 0.2) is 5.38 Å². The maximum atomic E-state index is 11.7. The summed E-state index contributed by atoms with van der Waals surface area (Å²) in [6, 6.07) is 0. The molecular weight excluding hydrogens is 210 g/mol. The lowest BCUT2D eigenvalue weighted by atomic mass is 10.2. The molecule has 84 valence electrons. The average Bonchev–Trinajstić information content (AvgIpc) is 2.60. The molecule has 0 spiro atoms. The number of carbonyl (C=O) groups is 1. The molecule has 0 fully saturated rings. The number of carbonyl (C=O) groups excluding carboxylic acids is 1. The zero-order valence-electron chi connectivity index (χ0n) is 9.19. The first-order valence-electron chi connectivity index (χ1n) is 5.07. The predicted molar refractivity (Wildman–Crippen MR) is 62.8 cm³/mol. The van der Waals surface area contributed by atoms with Gasteiger partial charge in [0.2, 0.25) is 5.91 Å². The van der Waals surface area contributed by atoms with Gasteiger partial charge in [-0.25, -0.2) is 4.98 Å². The molecule has 0 bridgehead atoms. The topological polar surface area (TPSA) is 59.2 Å². The summed E-state index contributed by atoms with van der Waals surface area (Å²) in [6.45, 7) is 2.92. The highest BCUT2D eigenvalue weighted by molar-refractivity contribution is 7.13. The number of aromatic nitrogens is 1. The summed E-state index contributed by atoms with van der Waals surface area (Å²) >= 11 is 1.37. The third-order valence-corrected chi connectivity index (χ3v) is 2.90. The Labute approximate surface area is 94.1 Å². The molecule has 0 saturated carbocycles. The minimum Gasteiger partial charge on any atom is -0.375 e. The van der Waals surface area contributed by atoms with Gasteiger partial charge >= 0.3 is 0 Å². The minimum absolute atomic E-state index is 0.105. The number of unbranched alkanes of at least 4 members (excludes halogenated alkanes) is 1. The molecule has 5 heteroatoms. The highest BCUT2D eigenvalue weighted by atomic mass is 32.1. The van der Waals surface area contributed by atoms with Gasteiger partial charge in [-0.15, -0.1) is 11.3 Å². The van der Waals surface area contributed by atoms with Crippen LogP contribution in [-0.4, -0.2) is 29.4 Å². The second kappa shape index (κ2) is 5.70. The van der Waals surface area contributed by atoms with E-state index in [9.17, 15) is 4.79 Å². The molecule has 0 aliphatic heterocycles. The van der Waals surface area contributed by atoms with E-state index in [-0.39, 0.29) is 5.91 Å². The van der Waals surface area contributed by atoms with Crippen LogP contribution in [0.2, 0.25) is 0 Å². The largest absolute Gasteiger partial charge is 0.375 e. The first-order chi connectivity index (χ1) is 7.13. The van der Waals surface area contributed by atoms with Gasteiger partial charge in [-0.05, 0) is 6.42 Å². The van der Waals surface area contributed by atoms with Gasteiger partial charge in [-0.1, -0.05) is 13.3 Å². The molecule has 1 rings (SSSR count). The fourth-order valence-corrected chi connectivity index (χ4v) is 1.78. The van der Waals surface area contributed by atoms with E-state index in [2.05, 4.69) is 11.9 Å². The Bertz CT molecular complexity index is 324. The number of rotatable bonds is 5. The zero-order chi connectivity index (χ0) is 11.3. The summed E-state index contributed by atoms with van der Waals surface area (Å²) in [5.41, 5.74) is 6.26. The van der Waals surface area contributed by atoms with Crippen molar-refractivity contribution < 1.29 is 4.79 Å². The van der Waals surface area contributed by atoms with E-state index in [1.807, 2.05) is 12.4 Å². The number of thiazole rings is 1. The summed E-state index contributed by atoms with van der Waals surface area (Å²) in [4.78, 5) is 17.5. The fourth-order valence-electron chi connectivity index (χ4n) is 1.21. The molecule has 0 saturated heterocycles. The van der Waals surface area contributed by atoms with Crippen LogP contribution in [0.1, 0.15) is 25.5 Å². The third kappa shape index (κ3) is 3.87. The Balaban J connectivity index is 2.41. The van der Waals surface area contributed by atoms with Crippen molar-refractivity contribution in [1.82, 2.24) is 9.88 Å². The Morgan fingerprint density at radius 1 is 1.67 bits per heavy atom. The molecule has 0 unspecified atom stereocenters. The van der Waals surface area contributed by atoms with Crippen LogP contribution >= 0.6 is 11.3 Å². The van der Waals surface area contributed by atoms with Gasteiger partial charge in [-0.3, -0.25) is 4.79 Å². The van der Waals surface area contributed by atoms with Gasteiger partial charge < -0.3 is 10.6 Å². The van der Waals surface area contributed by atoms with Crippen molar-refractivity contribution in [2.24, 2.45) is 0 Å². The van der Waals surface area contributed by atoms with Gasteiger partial charge in [0.05, 0.1) is 12.1 Å². The molecule has 1 aromatic heterocycles.